The summed E-state index contributed by atoms with van der Waals surface area (Å²) >= 11 is 0. The highest BCUT2D eigenvalue weighted by atomic mass is 19.1. The number of nitrogens with one attached hydrogen (secondary N) is 2. The zero-order chi connectivity index (χ0) is 18.1. The third kappa shape index (κ3) is 3.60. The molecule has 1 saturated heterocycles. The summed E-state index contributed by atoms with van der Waals surface area (Å²) in [5.41, 5.74) is 1.90. The van der Waals surface area contributed by atoms with E-state index in [-0.39, 0.29) is 24.8 Å². The molecule has 0 radical (unpaired) electrons. The minimum atomic E-state index is -1.02. The molecular formula is C20H21F2N3O. The van der Waals surface area contributed by atoms with Crippen molar-refractivity contribution in [1.82, 2.24) is 15.6 Å². The zero-order valence-electron chi connectivity index (χ0n) is 14.3. The van der Waals surface area contributed by atoms with Crippen LogP contribution in [0.3, 0.4) is 0 Å². The fourth-order valence-electron chi connectivity index (χ4n) is 3.43. The lowest BCUT2D eigenvalue weighted by molar-refractivity contribution is -0.123. The smallest absolute Gasteiger partial charge is 0.238 e. The van der Waals surface area contributed by atoms with Crippen LogP contribution in [0.1, 0.15) is 48.0 Å². The van der Waals surface area contributed by atoms with Gasteiger partial charge in [-0.2, -0.15) is 4.39 Å². The minimum Gasteiger partial charge on any atom is -0.342 e. The molecule has 136 valence electrons. The quantitative estimate of drug-likeness (QED) is 0.809. The van der Waals surface area contributed by atoms with E-state index in [0.29, 0.717) is 11.3 Å². The van der Waals surface area contributed by atoms with Crippen LogP contribution in [0.25, 0.3) is 0 Å². The Kier molecular flexibility index (Phi) is 4.68. The number of rotatable bonds is 5. The van der Waals surface area contributed by atoms with Crippen molar-refractivity contribution in [3.63, 3.8) is 0 Å². The molecule has 2 aromatic rings. The Bertz CT molecular complexity index is 795. The number of carbonyl (C=O) groups excluding carboxylic acids is 1. The van der Waals surface area contributed by atoms with Gasteiger partial charge in [-0.15, -0.1) is 0 Å². The SMILES string of the molecule is O=C(N[C@@H](c1ccccc1)c1ccc(C2CC2)c(F)n1)[C@@H]1C[C@@H](F)CN1. The summed E-state index contributed by atoms with van der Waals surface area (Å²) in [6, 6.07) is 11.7. The molecule has 6 heteroatoms. The molecule has 1 aliphatic carbocycles. The van der Waals surface area contributed by atoms with Crippen molar-refractivity contribution in [2.45, 2.75) is 43.4 Å². The summed E-state index contributed by atoms with van der Waals surface area (Å²) in [5, 5.41) is 5.78. The lowest BCUT2D eigenvalue weighted by Crippen LogP contribution is -2.42. The van der Waals surface area contributed by atoms with Crippen molar-refractivity contribution < 1.29 is 13.6 Å². The van der Waals surface area contributed by atoms with Gasteiger partial charge in [0.2, 0.25) is 11.9 Å². The normalized spacial score (nSPS) is 23.6. The van der Waals surface area contributed by atoms with E-state index >= 15 is 0 Å². The Labute approximate surface area is 151 Å². The highest BCUT2D eigenvalue weighted by molar-refractivity contribution is 5.83. The van der Waals surface area contributed by atoms with Gasteiger partial charge < -0.3 is 10.6 Å². The molecule has 26 heavy (non-hydrogen) atoms. The molecule has 1 aliphatic heterocycles. The summed E-state index contributed by atoms with van der Waals surface area (Å²) in [5.74, 6) is -0.499. The first kappa shape index (κ1) is 17.1. The van der Waals surface area contributed by atoms with Gasteiger partial charge in [0.05, 0.1) is 17.8 Å². The van der Waals surface area contributed by atoms with E-state index in [0.717, 1.165) is 18.4 Å². The maximum absolute atomic E-state index is 14.4. The van der Waals surface area contributed by atoms with Gasteiger partial charge in [0, 0.05) is 18.5 Å². The molecule has 0 bridgehead atoms. The second-order valence-electron chi connectivity index (χ2n) is 7.04. The van der Waals surface area contributed by atoms with Crippen LogP contribution in [0.15, 0.2) is 42.5 Å². The predicted molar refractivity (Wildman–Crippen MR) is 93.9 cm³/mol. The van der Waals surface area contributed by atoms with Gasteiger partial charge >= 0.3 is 0 Å². The first-order valence-electron chi connectivity index (χ1n) is 9.01. The summed E-state index contributed by atoms with van der Waals surface area (Å²) in [6.07, 6.45) is 1.12. The third-order valence-corrected chi connectivity index (χ3v) is 5.03. The van der Waals surface area contributed by atoms with E-state index in [1.54, 1.807) is 12.1 Å². The Morgan fingerprint density at radius 2 is 1.96 bits per heavy atom. The molecule has 1 aromatic heterocycles. The van der Waals surface area contributed by atoms with E-state index < -0.39 is 24.2 Å². The van der Waals surface area contributed by atoms with Gasteiger partial charge in [-0.1, -0.05) is 36.4 Å². The summed E-state index contributed by atoms with van der Waals surface area (Å²) in [7, 11) is 0. The van der Waals surface area contributed by atoms with Crippen molar-refractivity contribution in [3.05, 3.63) is 65.2 Å². The van der Waals surface area contributed by atoms with E-state index in [4.69, 9.17) is 0 Å². The Morgan fingerprint density at radius 3 is 2.58 bits per heavy atom. The van der Waals surface area contributed by atoms with Gasteiger partial charge in [-0.3, -0.25) is 4.79 Å². The number of halogens is 2. The van der Waals surface area contributed by atoms with E-state index in [2.05, 4.69) is 15.6 Å². The van der Waals surface area contributed by atoms with E-state index in [1.165, 1.54) is 0 Å². The fraction of sp³-hybridized carbons (Fsp3) is 0.400. The van der Waals surface area contributed by atoms with Crippen molar-refractivity contribution in [2.75, 3.05) is 6.54 Å². The topological polar surface area (TPSA) is 54.0 Å². The predicted octanol–water partition coefficient (Wildman–Crippen LogP) is 3.00. The largest absolute Gasteiger partial charge is 0.342 e. The molecule has 0 unspecified atom stereocenters. The molecule has 4 nitrogen and oxygen atoms in total. The average Bonchev–Trinajstić information content (AvgIpc) is 3.40. The number of carbonyl (C=O) groups is 1. The minimum absolute atomic E-state index is 0.149. The van der Waals surface area contributed by atoms with Gasteiger partial charge in [0.1, 0.15) is 6.17 Å². The molecular weight excluding hydrogens is 336 g/mol. The average molecular weight is 357 g/mol. The highest BCUT2D eigenvalue weighted by Gasteiger charge is 2.32. The van der Waals surface area contributed by atoms with Crippen molar-refractivity contribution in [2.24, 2.45) is 0 Å². The van der Waals surface area contributed by atoms with Gasteiger partial charge in [-0.05, 0) is 30.4 Å². The number of pyridine rings is 1. The Balaban J connectivity index is 1.61. The molecule has 1 saturated carbocycles. The monoisotopic (exact) mass is 357 g/mol. The standard InChI is InChI=1S/C20H21F2N3O/c21-14-10-17(23-11-14)20(26)25-18(13-4-2-1-3-5-13)16-9-8-15(12-6-7-12)19(22)24-16/h1-5,8-9,12,14,17-18,23H,6-7,10-11H2,(H,25,26)/t14-,17+,18+/m1/s1. The van der Waals surface area contributed by atoms with Crippen LogP contribution >= 0.6 is 0 Å². The molecule has 3 atom stereocenters. The first-order chi connectivity index (χ1) is 12.6. The van der Waals surface area contributed by atoms with Gasteiger partial charge in [0.25, 0.3) is 0 Å². The maximum Gasteiger partial charge on any atom is 0.238 e. The molecule has 2 heterocycles. The summed E-state index contributed by atoms with van der Waals surface area (Å²) in [4.78, 5) is 16.7. The van der Waals surface area contributed by atoms with Crippen LogP contribution in [0.2, 0.25) is 0 Å². The highest BCUT2D eigenvalue weighted by Crippen LogP contribution is 2.41. The molecule has 1 aromatic carbocycles. The van der Waals surface area contributed by atoms with Crippen LogP contribution in [0.5, 0.6) is 0 Å². The van der Waals surface area contributed by atoms with Gasteiger partial charge in [0.15, 0.2) is 0 Å². The van der Waals surface area contributed by atoms with E-state index in [9.17, 15) is 13.6 Å². The van der Waals surface area contributed by atoms with Gasteiger partial charge in [-0.25, -0.2) is 9.37 Å². The lowest BCUT2D eigenvalue weighted by Gasteiger charge is -2.21. The maximum atomic E-state index is 14.4. The van der Waals surface area contributed by atoms with Crippen molar-refractivity contribution in [3.8, 4) is 0 Å². The molecule has 2 fully saturated rings. The van der Waals surface area contributed by atoms with Crippen LogP contribution in [0.4, 0.5) is 8.78 Å². The lowest BCUT2D eigenvalue weighted by atomic mass is 10.0. The van der Waals surface area contributed by atoms with Crippen LogP contribution < -0.4 is 10.6 Å². The Hall–Kier alpha value is -2.34. The number of alkyl halides is 1. The molecule has 2 N–H and O–H groups in total. The second-order valence-corrected chi connectivity index (χ2v) is 7.04. The van der Waals surface area contributed by atoms with Crippen molar-refractivity contribution in [1.29, 1.82) is 0 Å². The number of amides is 1. The molecule has 0 spiro atoms. The summed E-state index contributed by atoms with van der Waals surface area (Å²) in [6.45, 7) is 0.178. The zero-order valence-corrected chi connectivity index (χ0v) is 14.3. The fourth-order valence-corrected chi connectivity index (χ4v) is 3.43. The first-order valence-corrected chi connectivity index (χ1v) is 9.01. The van der Waals surface area contributed by atoms with Crippen LogP contribution in [0, 0.1) is 5.95 Å². The number of hydrogen-bond donors (Lipinski definition) is 2. The Morgan fingerprint density at radius 1 is 1.19 bits per heavy atom. The number of benzene rings is 1. The molecule has 4 rings (SSSR count). The molecule has 1 amide bonds. The second kappa shape index (κ2) is 7.11. The molecule has 2 aliphatic rings. The number of hydrogen-bond acceptors (Lipinski definition) is 3. The third-order valence-electron chi connectivity index (χ3n) is 5.03. The van der Waals surface area contributed by atoms with E-state index in [1.807, 2.05) is 30.3 Å². The summed E-state index contributed by atoms with van der Waals surface area (Å²) < 4.78 is 27.8. The number of aromatic nitrogens is 1. The number of nitrogens with zero attached hydrogens (tertiary/aromatic N) is 1. The van der Waals surface area contributed by atoms with Crippen molar-refractivity contribution >= 4 is 5.91 Å². The van der Waals surface area contributed by atoms with Crippen LogP contribution in [-0.2, 0) is 4.79 Å². The van der Waals surface area contributed by atoms with Crippen LogP contribution in [-0.4, -0.2) is 29.6 Å².